The van der Waals surface area contributed by atoms with Crippen LogP contribution < -0.4 is 10.9 Å². The van der Waals surface area contributed by atoms with E-state index in [-0.39, 0.29) is 11.5 Å². The predicted molar refractivity (Wildman–Crippen MR) is 110 cm³/mol. The fraction of sp³-hybridized carbons (Fsp3) is 0.333. The normalized spacial score (nSPS) is 14.5. The third kappa shape index (κ3) is 3.40. The van der Waals surface area contributed by atoms with E-state index in [2.05, 4.69) is 15.3 Å². The number of carbonyl (C=O) groups is 1. The van der Waals surface area contributed by atoms with E-state index in [0.717, 1.165) is 42.5 Å². The summed E-state index contributed by atoms with van der Waals surface area (Å²) in [5, 5.41) is 3.84. The zero-order valence-corrected chi connectivity index (χ0v) is 16.6. The van der Waals surface area contributed by atoms with Crippen LogP contribution in [0.5, 0.6) is 0 Å². The average Bonchev–Trinajstić information content (AvgIpc) is 2.69. The Hall–Kier alpha value is -2.73. The van der Waals surface area contributed by atoms with Crippen LogP contribution >= 0.6 is 11.6 Å². The number of nitrogens with zero attached hydrogens (tertiary/aromatic N) is 3. The van der Waals surface area contributed by atoms with E-state index in [1.165, 1.54) is 10.9 Å². The van der Waals surface area contributed by atoms with Gasteiger partial charge in [0, 0.05) is 16.4 Å². The summed E-state index contributed by atoms with van der Waals surface area (Å²) in [5.74, 6) is -0.306. The van der Waals surface area contributed by atoms with Crippen molar-refractivity contribution in [1.82, 2.24) is 14.5 Å². The van der Waals surface area contributed by atoms with Crippen molar-refractivity contribution in [3.05, 3.63) is 62.8 Å². The van der Waals surface area contributed by atoms with E-state index in [9.17, 15) is 9.59 Å². The molecule has 0 fully saturated rings. The summed E-state index contributed by atoms with van der Waals surface area (Å²) in [6.07, 6.45) is 5.47. The number of aromatic nitrogens is 3. The molecule has 0 bridgehead atoms. The molecule has 4 rings (SSSR count). The van der Waals surface area contributed by atoms with Crippen LogP contribution in [0.2, 0.25) is 5.02 Å². The van der Waals surface area contributed by atoms with Gasteiger partial charge in [0.15, 0.2) is 5.65 Å². The van der Waals surface area contributed by atoms with Gasteiger partial charge in [-0.15, -0.1) is 0 Å². The van der Waals surface area contributed by atoms with Gasteiger partial charge in [0.05, 0.1) is 5.39 Å². The van der Waals surface area contributed by atoms with Gasteiger partial charge >= 0.3 is 0 Å². The van der Waals surface area contributed by atoms with Gasteiger partial charge in [-0.2, -0.15) is 0 Å². The Morgan fingerprint density at radius 2 is 2.04 bits per heavy atom. The molecule has 1 aromatic carbocycles. The largest absolute Gasteiger partial charge is 0.324 e. The number of hydrogen-bond acceptors (Lipinski definition) is 4. The molecule has 2 heterocycles. The minimum absolute atomic E-state index is 0.253. The lowest BCUT2D eigenvalue weighted by Crippen LogP contribution is -2.32. The summed E-state index contributed by atoms with van der Waals surface area (Å²) in [5.41, 5.74) is 3.86. The fourth-order valence-corrected chi connectivity index (χ4v) is 3.73. The number of aryl methyl sites for hydroxylation is 3. The molecule has 0 saturated heterocycles. The molecule has 6 nitrogen and oxygen atoms in total. The minimum atomic E-state index is -0.723. The Labute approximate surface area is 167 Å². The van der Waals surface area contributed by atoms with E-state index in [1.54, 1.807) is 19.1 Å². The molecule has 3 aromatic rings. The van der Waals surface area contributed by atoms with Crippen LogP contribution in [0.25, 0.3) is 11.0 Å². The molecule has 1 aliphatic rings. The van der Waals surface area contributed by atoms with Crippen LogP contribution in [0.15, 0.2) is 35.4 Å². The van der Waals surface area contributed by atoms with Gasteiger partial charge < -0.3 is 5.32 Å². The Kier molecular flexibility index (Phi) is 4.89. The SMILES string of the molecule is Cc1ccc(Cl)cc1NC(=O)[C@H](C)n1cnc2nc3c(cc2c1=O)CCCC3. The van der Waals surface area contributed by atoms with E-state index < -0.39 is 6.04 Å². The summed E-state index contributed by atoms with van der Waals surface area (Å²) in [6.45, 7) is 3.56. The number of amides is 1. The number of halogens is 1. The fourth-order valence-electron chi connectivity index (χ4n) is 3.56. The van der Waals surface area contributed by atoms with Crippen molar-refractivity contribution < 1.29 is 4.79 Å². The molecule has 1 amide bonds. The number of hydrogen-bond donors (Lipinski definition) is 1. The van der Waals surface area contributed by atoms with Gasteiger partial charge in [-0.25, -0.2) is 9.97 Å². The summed E-state index contributed by atoms with van der Waals surface area (Å²) < 4.78 is 1.36. The maximum atomic E-state index is 13.0. The topological polar surface area (TPSA) is 76.9 Å². The van der Waals surface area contributed by atoms with Crippen molar-refractivity contribution >= 4 is 34.2 Å². The monoisotopic (exact) mass is 396 g/mol. The van der Waals surface area contributed by atoms with Crippen molar-refractivity contribution in [2.45, 2.75) is 45.6 Å². The second kappa shape index (κ2) is 7.36. The van der Waals surface area contributed by atoms with Gasteiger partial charge in [0.25, 0.3) is 5.56 Å². The molecule has 7 heteroatoms. The van der Waals surface area contributed by atoms with Gasteiger partial charge in [-0.3, -0.25) is 14.2 Å². The highest BCUT2D eigenvalue weighted by Gasteiger charge is 2.20. The van der Waals surface area contributed by atoms with Crippen LogP contribution in [0, 0.1) is 6.92 Å². The summed E-state index contributed by atoms with van der Waals surface area (Å²) in [7, 11) is 0. The molecule has 0 radical (unpaired) electrons. The molecule has 28 heavy (non-hydrogen) atoms. The summed E-state index contributed by atoms with van der Waals surface area (Å²) in [4.78, 5) is 34.7. The first-order chi connectivity index (χ1) is 13.4. The van der Waals surface area contributed by atoms with Gasteiger partial charge in [-0.05, 0) is 68.9 Å². The number of benzene rings is 1. The second-order valence-electron chi connectivity index (χ2n) is 7.25. The van der Waals surface area contributed by atoms with E-state index in [4.69, 9.17) is 11.6 Å². The molecule has 0 unspecified atom stereocenters. The van der Waals surface area contributed by atoms with E-state index in [0.29, 0.717) is 21.7 Å². The van der Waals surface area contributed by atoms with Crippen molar-refractivity contribution in [3.63, 3.8) is 0 Å². The van der Waals surface area contributed by atoms with Gasteiger partial charge in [0.1, 0.15) is 12.4 Å². The molecule has 1 aliphatic carbocycles. The Balaban J connectivity index is 1.67. The minimum Gasteiger partial charge on any atom is -0.324 e. The Morgan fingerprint density at radius 1 is 1.25 bits per heavy atom. The smallest absolute Gasteiger partial charge is 0.263 e. The van der Waals surface area contributed by atoms with Crippen molar-refractivity contribution in [3.8, 4) is 0 Å². The number of fused-ring (bicyclic) bond motifs is 2. The third-order valence-corrected chi connectivity index (χ3v) is 5.54. The van der Waals surface area contributed by atoms with Gasteiger partial charge in [-0.1, -0.05) is 17.7 Å². The molecular formula is C21H21ClN4O2. The molecule has 0 spiro atoms. The Morgan fingerprint density at radius 3 is 2.86 bits per heavy atom. The van der Waals surface area contributed by atoms with Crippen molar-refractivity contribution in [1.29, 1.82) is 0 Å². The first-order valence-corrected chi connectivity index (χ1v) is 9.78. The molecule has 1 N–H and O–H groups in total. The number of pyridine rings is 1. The highest BCUT2D eigenvalue weighted by Crippen LogP contribution is 2.23. The zero-order chi connectivity index (χ0) is 19.8. The van der Waals surface area contributed by atoms with Crippen LogP contribution in [0.3, 0.4) is 0 Å². The number of carbonyl (C=O) groups excluding carboxylic acids is 1. The molecule has 144 valence electrons. The van der Waals surface area contributed by atoms with Crippen molar-refractivity contribution in [2.75, 3.05) is 5.32 Å². The highest BCUT2D eigenvalue weighted by atomic mass is 35.5. The van der Waals surface area contributed by atoms with Crippen LogP contribution in [-0.4, -0.2) is 20.4 Å². The summed E-state index contributed by atoms with van der Waals surface area (Å²) >= 11 is 6.02. The first kappa shape index (κ1) is 18.6. The lowest BCUT2D eigenvalue weighted by atomic mass is 9.95. The maximum Gasteiger partial charge on any atom is 0.263 e. The molecule has 0 saturated carbocycles. The molecule has 1 atom stereocenters. The second-order valence-corrected chi connectivity index (χ2v) is 7.69. The quantitative estimate of drug-likeness (QED) is 0.729. The van der Waals surface area contributed by atoms with Gasteiger partial charge in [0.2, 0.25) is 5.91 Å². The van der Waals surface area contributed by atoms with Crippen molar-refractivity contribution in [2.24, 2.45) is 0 Å². The first-order valence-electron chi connectivity index (χ1n) is 9.40. The van der Waals surface area contributed by atoms with E-state index in [1.807, 2.05) is 19.1 Å². The Bertz CT molecular complexity index is 1140. The third-order valence-electron chi connectivity index (χ3n) is 5.30. The van der Waals surface area contributed by atoms with Crippen LogP contribution in [0.4, 0.5) is 5.69 Å². The standard InChI is InChI=1S/C21H21ClN4O2/c1-12-7-8-15(22)10-18(12)25-20(27)13(2)26-11-23-19-16(21(26)28)9-14-5-3-4-6-17(14)24-19/h7-11,13H,3-6H2,1-2H3,(H,25,27)/t13-/m0/s1. The van der Waals surface area contributed by atoms with E-state index >= 15 is 0 Å². The highest BCUT2D eigenvalue weighted by molar-refractivity contribution is 6.31. The lowest BCUT2D eigenvalue weighted by Gasteiger charge is -2.18. The lowest BCUT2D eigenvalue weighted by molar-refractivity contribution is -0.118. The van der Waals surface area contributed by atoms with Crippen LogP contribution in [0.1, 0.15) is 42.6 Å². The number of nitrogens with one attached hydrogen (secondary N) is 1. The molecule has 0 aliphatic heterocycles. The van der Waals surface area contributed by atoms with Crippen LogP contribution in [-0.2, 0) is 17.6 Å². The zero-order valence-electron chi connectivity index (χ0n) is 15.8. The maximum absolute atomic E-state index is 13.0. The number of anilines is 1. The average molecular weight is 397 g/mol. The number of rotatable bonds is 3. The predicted octanol–water partition coefficient (Wildman–Crippen LogP) is 3.83. The molecule has 2 aromatic heterocycles. The summed E-state index contributed by atoms with van der Waals surface area (Å²) in [6, 6.07) is 6.47. The molecular weight excluding hydrogens is 376 g/mol.